The Kier molecular flexibility index (Phi) is 5.36. The minimum absolute atomic E-state index is 0.114. The van der Waals surface area contributed by atoms with E-state index in [2.05, 4.69) is 5.32 Å². The van der Waals surface area contributed by atoms with Crippen LogP contribution in [0.15, 0.2) is 24.3 Å². The third-order valence-corrected chi connectivity index (χ3v) is 5.59. The fourth-order valence-electron chi connectivity index (χ4n) is 2.36. The molecule has 21 heavy (non-hydrogen) atoms. The van der Waals surface area contributed by atoms with Crippen molar-refractivity contribution in [2.45, 2.75) is 26.2 Å². The summed E-state index contributed by atoms with van der Waals surface area (Å²) in [6.45, 7) is 3.55. The van der Waals surface area contributed by atoms with Crippen LogP contribution in [0, 0.1) is 6.92 Å². The molecule has 1 N–H and O–H groups in total. The van der Waals surface area contributed by atoms with E-state index in [0.717, 1.165) is 18.4 Å². The second-order valence-corrected chi connectivity index (χ2v) is 7.49. The second-order valence-electron chi connectivity index (χ2n) is 5.40. The van der Waals surface area contributed by atoms with Crippen LogP contribution in [0.25, 0.3) is 0 Å². The van der Waals surface area contributed by atoms with Crippen LogP contribution in [0.5, 0.6) is 0 Å². The molecular formula is C15H22N2O3S. The van der Waals surface area contributed by atoms with Gasteiger partial charge in [-0.25, -0.2) is 12.7 Å². The van der Waals surface area contributed by atoms with E-state index < -0.39 is 10.0 Å². The molecule has 0 spiro atoms. The quantitative estimate of drug-likeness (QED) is 0.839. The first-order valence-electron chi connectivity index (χ1n) is 7.32. The summed E-state index contributed by atoms with van der Waals surface area (Å²) in [6, 6.07) is 7.38. The van der Waals surface area contributed by atoms with Gasteiger partial charge < -0.3 is 5.32 Å². The molecule has 0 aliphatic carbocycles. The van der Waals surface area contributed by atoms with Gasteiger partial charge in [0.05, 0.1) is 5.75 Å². The molecule has 0 saturated carbocycles. The first-order chi connectivity index (χ1) is 9.99. The number of amides is 1. The molecule has 0 unspecified atom stereocenters. The molecule has 116 valence electrons. The lowest BCUT2D eigenvalue weighted by Crippen LogP contribution is -2.39. The molecule has 0 aromatic heterocycles. The van der Waals surface area contributed by atoms with Crippen LogP contribution < -0.4 is 5.32 Å². The lowest BCUT2D eigenvalue weighted by atomic mass is 10.1. The summed E-state index contributed by atoms with van der Waals surface area (Å²) in [5, 5.41) is 2.82. The molecule has 1 aliphatic rings. The molecule has 0 bridgehead atoms. The zero-order valence-corrected chi connectivity index (χ0v) is 13.2. The number of carbonyl (C=O) groups excluding carboxylic acids is 1. The van der Waals surface area contributed by atoms with Crippen LogP contribution in [-0.4, -0.2) is 44.0 Å². The molecule has 5 nitrogen and oxygen atoms in total. The van der Waals surface area contributed by atoms with Crippen molar-refractivity contribution in [3.63, 3.8) is 0 Å². The maximum atomic E-state index is 11.9. The molecule has 6 heteroatoms. The minimum Gasteiger partial charge on any atom is -0.352 e. The Bertz CT molecular complexity index is 581. The highest BCUT2D eigenvalue weighted by atomic mass is 32.2. The summed E-state index contributed by atoms with van der Waals surface area (Å²) in [6.07, 6.45) is 2.31. The predicted octanol–water partition coefficient (Wildman–Crippen LogP) is 1.54. The number of nitrogens with one attached hydrogen (secondary N) is 1. The summed E-state index contributed by atoms with van der Waals surface area (Å²) in [5.74, 6) is 0.138. The molecule has 0 atom stereocenters. The van der Waals surface area contributed by atoms with E-state index in [9.17, 15) is 13.2 Å². The third kappa shape index (κ3) is 4.54. The highest BCUT2D eigenvalue weighted by Crippen LogP contribution is 2.13. The molecule has 1 saturated heterocycles. The van der Waals surface area contributed by atoms with Gasteiger partial charge in [-0.3, -0.25) is 4.79 Å². The minimum atomic E-state index is -3.06. The van der Waals surface area contributed by atoms with Crippen LogP contribution in [-0.2, 0) is 10.0 Å². The lowest BCUT2D eigenvalue weighted by molar-refractivity contribution is 0.0952. The summed E-state index contributed by atoms with van der Waals surface area (Å²) < 4.78 is 25.1. The van der Waals surface area contributed by atoms with Gasteiger partial charge in [0.2, 0.25) is 10.0 Å². The normalized spacial score (nSPS) is 18.3. The van der Waals surface area contributed by atoms with Crippen molar-refractivity contribution in [3.8, 4) is 0 Å². The number of benzene rings is 1. The number of hydrogen-bond donors (Lipinski definition) is 1. The van der Waals surface area contributed by atoms with E-state index in [4.69, 9.17) is 0 Å². The smallest absolute Gasteiger partial charge is 0.251 e. The second kappa shape index (κ2) is 7.04. The van der Waals surface area contributed by atoms with E-state index in [1.165, 1.54) is 4.31 Å². The Hall–Kier alpha value is -1.40. The van der Waals surface area contributed by atoms with Gasteiger partial charge in [0.25, 0.3) is 5.91 Å². The Morgan fingerprint density at radius 1 is 1.24 bits per heavy atom. The first-order valence-corrected chi connectivity index (χ1v) is 8.93. The van der Waals surface area contributed by atoms with Crippen molar-refractivity contribution in [1.29, 1.82) is 0 Å². The van der Waals surface area contributed by atoms with Gasteiger partial charge in [0.1, 0.15) is 0 Å². The molecular weight excluding hydrogens is 288 g/mol. The van der Waals surface area contributed by atoms with Gasteiger partial charge >= 0.3 is 0 Å². The van der Waals surface area contributed by atoms with Gasteiger partial charge in [0, 0.05) is 25.2 Å². The Balaban J connectivity index is 1.74. The topological polar surface area (TPSA) is 66.5 Å². The number of carbonyl (C=O) groups is 1. The average molecular weight is 310 g/mol. The zero-order valence-electron chi connectivity index (χ0n) is 12.3. The van der Waals surface area contributed by atoms with Crippen molar-refractivity contribution in [2.24, 2.45) is 0 Å². The number of aryl methyl sites for hydroxylation is 1. The van der Waals surface area contributed by atoms with Crippen LogP contribution in [0.2, 0.25) is 0 Å². The van der Waals surface area contributed by atoms with Crippen LogP contribution >= 0.6 is 0 Å². The van der Waals surface area contributed by atoms with E-state index in [-0.39, 0.29) is 11.7 Å². The summed E-state index contributed by atoms with van der Waals surface area (Å²) in [7, 11) is -3.06. The monoisotopic (exact) mass is 310 g/mol. The number of nitrogens with zero attached hydrogens (tertiary/aromatic N) is 1. The standard InChI is InChI=1S/C15H22N2O3S/c1-13-5-7-14(8-6-13)15(18)16-9-4-11-17-10-2-3-12-21(17,19)20/h5-8H,2-4,9-12H2,1H3,(H,16,18). The average Bonchev–Trinajstić information content (AvgIpc) is 2.45. The van der Waals surface area contributed by atoms with Crippen molar-refractivity contribution in [1.82, 2.24) is 9.62 Å². The van der Waals surface area contributed by atoms with Crippen LogP contribution in [0.4, 0.5) is 0 Å². The summed E-state index contributed by atoms with van der Waals surface area (Å²) >= 11 is 0. The van der Waals surface area contributed by atoms with Crippen LogP contribution in [0.1, 0.15) is 35.2 Å². The number of sulfonamides is 1. The molecule has 1 heterocycles. The van der Waals surface area contributed by atoms with Gasteiger partial charge in [-0.1, -0.05) is 17.7 Å². The molecule has 1 aliphatic heterocycles. The number of hydrogen-bond acceptors (Lipinski definition) is 3. The summed E-state index contributed by atoms with van der Waals surface area (Å²) in [4.78, 5) is 11.9. The Labute approximate surface area is 126 Å². The van der Waals surface area contributed by atoms with Crippen molar-refractivity contribution in [3.05, 3.63) is 35.4 Å². The SMILES string of the molecule is Cc1ccc(C(=O)NCCCN2CCCCS2(=O)=O)cc1. The van der Waals surface area contributed by atoms with Crippen molar-refractivity contribution < 1.29 is 13.2 Å². The fourth-order valence-corrected chi connectivity index (χ4v) is 4.00. The summed E-state index contributed by atoms with van der Waals surface area (Å²) in [5.41, 5.74) is 1.74. The van der Waals surface area contributed by atoms with Gasteiger partial charge in [0.15, 0.2) is 0 Å². The molecule has 1 aromatic rings. The predicted molar refractivity (Wildman–Crippen MR) is 82.7 cm³/mol. The third-order valence-electron chi connectivity index (χ3n) is 3.64. The van der Waals surface area contributed by atoms with E-state index in [1.54, 1.807) is 12.1 Å². The molecule has 1 amide bonds. The number of rotatable bonds is 5. The van der Waals surface area contributed by atoms with E-state index in [1.807, 2.05) is 19.1 Å². The maximum absolute atomic E-state index is 11.9. The molecule has 1 fully saturated rings. The van der Waals surface area contributed by atoms with E-state index >= 15 is 0 Å². The van der Waals surface area contributed by atoms with Crippen molar-refractivity contribution in [2.75, 3.05) is 25.4 Å². The van der Waals surface area contributed by atoms with Gasteiger partial charge in [-0.05, 0) is 38.3 Å². The molecule has 0 radical (unpaired) electrons. The van der Waals surface area contributed by atoms with Gasteiger partial charge in [-0.15, -0.1) is 0 Å². The largest absolute Gasteiger partial charge is 0.352 e. The van der Waals surface area contributed by atoms with Crippen LogP contribution in [0.3, 0.4) is 0 Å². The van der Waals surface area contributed by atoms with Gasteiger partial charge in [-0.2, -0.15) is 0 Å². The Morgan fingerprint density at radius 2 is 1.95 bits per heavy atom. The Morgan fingerprint density at radius 3 is 2.62 bits per heavy atom. The fraction of sp³-hybridized carbons (Fsp3) is 0.533. The maximum Gasteiger partial charge on any atom is 0.251 e. The van der Waals surface area contributed by atoms with Crippen molar-refractivity contribution >= 4 is 15.9 Å². The first kappa shape index (κ1) is 16.0. The van der Waals surface area contributed by atoms with E-state index in [0.29, 0.717) is 31.6 Å². The molecule has 1 aromatic carbocycles. The zero-order chi connectivity index (χ0) is 15.3. The lowest BCUT2D eigenvalue weighted by Gasteiger charge is -2.26. The molecule has 2 rings (SSSR count). The highest BCUT2D eigenvalue weighted by molar-refractivity contribution is 7.89. The highest BCUT2D eigenvalue weighted by Gasteiger charge is 2.24.